The summed E-state index contributed by atoms with van der Waals surface area (Å²) in [6, 6.07) is 13.8. The Kier molecular flexibility index (Phi) is 8.61. The topological polar surface area (TPSA) is 94.6 Å². The van der Waals surface area contributed by atoms with Crippen LogP contribution in [-0.4, -0.2) is 30.1 Å². The van der Waals surface area contributed by atoms with Crippen molar-refractivity contribution in [2.45, 2.75) is 52.9 Å². The summed E-state index contributed by atoms with van der Waals surface area (Å²) in [5, 5.41) is 8.81. The maximum absolute atomic E-state index is 12.8. The fraction of sp³-hybridized carbons (Fsp3) is 0.423. The number of amides is 2. The van der Waals surface area contributed by atoms with E-state index in [-0.39, 0.29) is 23.2 Å². The average molecular weight is 482 g/mol. The second-order valence-corrected chi connectivity index (χ2v) is 10.7. The van der Waals surface area contributed by atoms with Gasteiger partial charge < -0.3 is 10.0 Å². The van der Waals surface area contributed by atoms with Gasteiger partial charge in [-0.3, -0.25) is 25.2 Å². The summed E-state index contributed by atoms with van der Waals surface area (Å²) in [6.45, 7) is 11.2. The molecule has 0 saturated carbocycles. The molecule has 0 bridgehead atoms. The summed E-state index contributed by atoms with van der Waals surface area (Å²) in [5.41, 5.74) is 4.28. The van der Waals surface area contributed by atoms with Crippen LogP contribution in [-0.2, 0) is 10.2 Å². The lowest BCUT2D eigenvalue weighted by atomic mass is 9.84. The van der Waals surface area contributed by atoms with E-state index in [0.29, 0.717) is 24.4 Å². The number of nitrogens with zero attached hydrogens (tertiary/aromatic N) is 1. The van der Waals surface area contributed by atoms with Crippen LogP contribution in [0.25, 0.3) is 0 Å². The van der Waals surface area contributed by atoms with Gasteiger partial charge in [0.2, 0.25) is 11.9 Å². The molecule has 0 atom stereocenters. The van der Waals surface area contributed by atoms with Crippen LogP contribution in [0.3, 0.4) is 0 Å². The van der Waals surface area contributed by atoms with Gasteiger partial charge in [0.15, 0.2) is 0 Å². The van der Waals surface area contributed by atoms with Gasteiger partial charge in [-0.2, -0.15) is 0 Å². The maximum atomic E-state index is 12.8. The van der Waals surface area contributed by atoms with Gasteiger partial charge in [0.25, 0.3) is 5.91 Å². The minimum absolute atomic E-state index is 0.143. The van der Waals surface area contributed by atoms with E-state index < -0.39 is 0 Å². The zero-order valence-electron chi connectivity index (χ0n) is 20.6. The molecule has 1 aliphatic rings. The van der Waals surface area contributed by atoms with E-state index in [0.717, 1.165) is 28.4 Å². The number of benzene rings is 2. The monoisotopic (exact) mass is 481 g/mol. The predicted octanol–water partition coefficient (Wildman–Crippen LogP) is 5.44. The minimum atomic E-state index is -0.303. The number of aliphatic imine (C=N–C) groups is 1. The summed E-state index contributed by atoms with van der Waals surface area (Å²) in [6.07, 6.45) is 1.51. The van der Waals surface area contributed by atoms with E-state index >= 15 is 0 Å². The minimum Gasteiger partial charge on any atom is -0.355 e. The predicted molar refractivity (Wildman–Crippen MR) is 143 cm³/mol. The molecule has 7 nitrogen and oxygen atoms in total. The Hall–Kier alpha value is -3.00. The Bertz CT molecular complexity index is 1060. The van der Waals surface area contributed by atoms with Crippen molar-refractivity contribution in [1.29, 1.82) is 0 Å². The molecule has 1 heterocycles. The van der Waals surface area contributed by atoms with Crippen LogP contribution >= 0.6 is 11.9 Å². The largest absolute Gasteiger partial charge is 0.355 e. The molecule has 0 aromatic heterocycles. The van der Waals surface area contributed by atoms with E-state index in [1.54, 1.807) is 18.0 Å². The summed E-state index contributed by atoms with van der Waals surface area (Å²) in [5.74, 6) is 1.51. The fourth-order valence-electron chi connectivity index (χ4n) is 3.41. The van der Waals surface area contributed by atoms with Crippen molar-refractivity contribution in [3.05, 3.63) is 53.6 Å². The molecule has 0 unspecified atom stereocenters. The Morgan fingerprint density at radius 2 is 1.91 bits per heavy atom. The lowest BCUT2D eigenvalue weighted by Gasteiger charge is -2.25. The smallest absolute Gasteiger partial charge is 0.257 e. The number of carbonyl (C=O) groups excluding carboxylic acids is 2. The molecule has 0 radical (unpaired) electrons. The molecule has 2 aromatic rings. The summed E-state index contributed by atoms with van der Waals surface area (Å²) >= 11 is 1.72. The highest BCUT2D eigenvalue weighted by molar-refractivity contribution is 8.00. The molecule has 0 spiro atoms. The van der Waals surface area contributed by atoms with Crippen LogP contribution in [0.5, 0.6) is 0 Å². The first kappa shape index (κ1) is 25.6. The zero-order chi connectivity index (χ0) is 24.7. The highest BCUT2D eigenvalue weighted by Crippen LogP contribution is 2.33. The molecule has 4 N–H and O–H groups in total. The molecule has 0 fully saturated rings. The van der Waals surface area contributed by atoms with Gasteiger partial charge in [0.1, 0.15) is 0 Å². The number of guanidine groups is 1. The van der Waals surface area contributed by atoms with Crippen molar-refractivity contribution in [1.82, 2.24) is 10.6 Å². The van der Waals surface area contributed by atoms with E-state index in [1.165, 1.54) is 6.42 Å². The van der Waals surface area contributed by atoms with Gasteiger partial charge >= 0.3 is 0 Å². The van der Waals surface area contributed by atoms with Crippen LogP contribution in [0, 0.1) is 5.92 Å². The second-order valence-electron chi connectivity index (χ2n) is 9.83. The molecular weight excluding hydrogens is 446 g/mol. The quantitative estimate of drug-likeness (QED) is 0.298. The van der Waals surface area contributed by atoms with Crippen LogP contribution in [0.1, 0.15) is 63.4 Å². The molecule has 0 aliphatic carbocycles. The van der Waals surface area contributed by atoms with E-state index in [1.807, 2.05) is 24.3 Å². The molecule has 8 heteroatoms. The highest BCUT2D eigenvalue weighted by atomic mass is 32.2. The average Bonchev–Trinajstić information content (AvgIpc) is 2.76. The Balaban J connectivity index is 1.74. The lowest BCUT2D eigenvalue weighted by Crippen LogP contribution is -2.46. The summed E-state index contributed by atoms with van der Waals surface area (Å²) < 4.78 is 3.42. The SMILES string of the molecule is CC(C)CCSNc1cccc(Nc2ccc(C(=O)NC3=NCCC(=O)N3)cc2C(C)(C)C)c1. The van der Waals surface area contributed by atoms with Crippen molar-refractivity contribution in [2.24, 2.45) is 10.9 Å². The molecule has 3 rings (SSSR count). The van der Waals surface area contributed by atoms with Crippen LogP contribution in [0.15, 0.2) is 47.5 Å². The summed E-state index contributed by atoms with van der Waals surface area (Å²) in [4.78, 5) is 28.5. The van der Waals surface area contributed by atoms with Gasteiger partial charge in [-0.05, 0) is 59.7 Å². The molecule has 2 aromatic carbocycles. The third-order valence-electron chi connectivity index (χ3n) is 5.32. The van der Waals surface area contributed by atoms with Crippen LogP contribution in [0.4, 0.5) is 17.1 Å². The number of anilines is 3. The van der Waals surface area contributed by atoms with Crippen LogP contribution in [0.2, 0.25) is 0 Å². The number of nitrogens with one attached hydrogen (secondary N) is 4. The number of rotatable bonds is 8. The molecule has 0 saturated heterocycles. The third kappa shape index (κ3) is 7.52. The van der Waals surface area contributed by atoms with Crippen LogP contribution < -0.4 is 20.7 Å². The molecule has 2 amide bonds. The normalized spacial score (nSPS) is 13.8. The van der Waals surface area contributed by atoms with Gasteiger partial charge in [-0.1, -0.05) is 52.6 Å². The summed E-state index contributed by atoms with van der Waals surface area (Å²) in [7, 11) is 0. The van der Waals surface area contributed by atoms with E-state index in [4.69, 9.17) is 0 Å². The maximum Gasteiger partial charge on any atom is 0.257 e. The van der Waals surface area contributed by atoms with Gasteiger partial charge in [-0.15, -0.1) is 0 Å². The number of hydrogen-bond acceptors (Lipinski definition) is 6. The van der Waals surface area contributed by atoms with E-state index in [9.17, 15) is 9.59 Å². The lowest BCUT2D eigenvalue weighted by molar-refractivity contribution is -0.119. The molecular formula is C26H35N5O2S. The Morgan fingerprint density at radius 1 is 1.15 bits per heavy atom. The van der Waals surface area contributed by atoms with Crippen molar-refractivity contribution in [2.75, 3.05) is 22.3 Å². The number of hydrogen-bond donors (Lipinski definition) is 4. The first-order valence-corrected chi connectivity index (χ1v) is 12.7. The molecule has 34 heavy (non-hydrogen) atoms. The fourth-order valence-corrected chi connectivity index (χ4v) is 4.40. The molecule has 1 aliphatic heterocycles. The van der Waals surface area contributed by atoms with Gasteiger partial charge in [-0.25, -0.2) is 0 Å². The van der Waals surface area contributed by atoms with E-state index in [2.05, 4.69) is 72.4 Å². The second kappa shape index (κ2) is 11.4. The van der Waals surface area contributed by atoms with Crippen molar-refractivity contribution < 1.29 is 9.59 Å². The van der Waals surface area contributed by atoms with Crippen molar-refractivity contribution in [3.63, 3.8) is 0 Å². The van der Waals surface area contributed by atoms with Crippen molar-refractivity contribution >= 4 is 46.8 Å². The Labute approximate surface area is 206 Å². The number of carbonyl (C=O) groups is 2. The highest BCUT2D eigenvalue weighted by Gasteiger charge is 2.22. The van der Waals surface area contributed by atoms with Gasteiger partial charge in [0, 0.05) is 34.8 Å². The Morgan fingerprint density at radius 3 is 2.62 bits per heavy atom. The molecule has 182 valence electrons. The van der Waals surface area contributed by atoms with Gasteiger partial charge in [0.05, 0.1) is 6.54 Å². The third-order valence-corrected chi connectivity index (χ3v) is 6.14. The first-order chi connectivity index (χ1) is 16.1. The zero-order valence-corrected chi connectivity index (χ0v) is 21.4. The van der Waals surface area contributed by atoms with Crippen molar-refractivity contribution in [3.8, 4) is 0 Å². The first-order valence-electron chi connectivity index (χ1n) is 11.7. The standard InChI is InChI=1S/C26H35N5O2S/c1-17(2)12-14-34-31-20-8-6-7-19(16-20)28-22-10-9-18(15-21(22)26(3,4)5)24(33)30-25-27-13-11-23(32)29-25/h6-10,15-17,28,31H,11-14H2,1-5H3,(H2,27,29,30,32,33).